The summed E-state index contributed by atoms with van der Waals surface area (Å²) in [5.41, 5.74) is 1.61. The molecule has 1 unspecified atom stereocenters. The molecule has 3 aromatic carbocycles. The Labute approximate surface area is 184 Å². The summed E-state index contributed by atoms with van der Waals surface area (Å²) in [6, 6.07) is 22.6. The van der Waals surface area contributed by atoms with Crippen LogP contribution in [-0.4, -0.2) is 28.7 Å². The molecule has 2 heterocycles. The van der Waals surface area contributed by atoms with Gasteiger partial charge >= 0.3 is 5.97 Å². The second-order valence-electron chi connectivity index (χ2n) is 7.63. The summed E-state index contributed by atoms with van der Waals surface area (Å²) in [6.07, 6.45) is -0.306. The van der Waals surface area contributed by atoms with E-state index in [0.717, 1.165) is 5.75 Å². The zero-order valence-electron chi connectivity index (χ0n) is 17.1. The number of amides is 2. The molecule has 2 aliphatic heterocycles. The number of anilines is 1. The Balaban J connectivity index is 1.30. The standard InChI is InChI=1S/C25H20N2O5/c28-22-15-14-21(27(22)24-19-8-4-5-9-20(19)25(30)32-24)23(29)26-16-10-12-18(13-11-16)31-17-6-2-1-3-7-17/h1-13,21,24H,14-15H2,(H,26,29)/t21-,24?/m0/s1. The number of cyclic esters (lactones) is 1. The molecule has 1 fully saturated rings. The molecular weight excluding hydrogens is 408 g/mol. The van der Waals surface area contributed by atoms with Gasteiger partial charge in [-0.25, -0.2) is 4.79 Å². The number of hydrogen-bond acceptors (Lipinski definition) is 5. The topological polar surface area (TPSA) is 84.9 Å². The van der Waals surface area contributed by atoms with Gasteiger partial charge < -0.3 is 14.8 Å². The lowest BCUT2D eigenvalue weighted by atomic mass is 10.1. The average Bonchev–Trinajstić information content (AvgIpc) is 3.35. The summed E-state index contributed by atoms with van der Waals surface area (Å²) in [5, 5.41) is 2.86. The van der Waals surface area contributed by atoms with Crippen molar-refractivity contribution in [3.63, 3.8) is 0 Å². The van der Waals surface area contributed by atoms with Crippen molar-refractivity contribution in [1.29, 1.82) is 0 Å². The highest BCUT2D eigenvalue weighted by molar-refractivity contribution is 6.00. The molecule has 160 valence electrons. The second-order valence-corrected chi connectivity index (χ2v) is 7.63. The van der Waals surface area contributed by atoms with Gasteiger partial charge in [0.25, 0.3) is 0 Å². The number of fused-ring (bicyclic) bond motifs is 1. The summed E-state index contributed by atoms with van der Waals surface area (Å²) in [6.45, 7) is 0. The summed E-state index contributed by atoms with van der Waals surface area (Å²) in [5.74, 6) is 0.329. The fraction of sp³-hybridized carbons (Fsp3) is 0.160. The quantitative estimate of drug-likeness (QED) is 0.613. The Morgan fingerprint density at radius 1 is 0.906 bits per heavy atom. The third-order valence-electron chi connectivity index (χ3n) is 5.58. The summed E-state index contributed by atoms with van der Waals surface area (Å²) in [4.78, 5) is 39.2. The van der Waals surface area contributed by atoms with E-state index < -0.39 is 18.2 Å². The molecule has 2 amide bonds. The number of nitrogens with one attached hydrogen (secondary N) is 1. The third kappa shape index (κ3) is 3.69. The summed E-state index contributed by atoms with van der Waals surface area (Å²) >= 11 is 0. The van der Waals surface area contributed by atoms with Gasteiger partial charge in [-0.05, 0) is 48.9 Å². The fourth-order valence-electron chi connectivity index (χ4n) is 4.04. The number of benzene rings is 3. The van der Waals surface area contributed by atoms with Crippen molar-refractivity contribution in [2.75, 3.05) is 5.32 Å². The number of likely N-dealkylation sites (tertiary alicyclic amines) is 1. The van der Waals surface area contributed by atoms with Crippen LogP contribution in [0.5, 0.6) is 11.5 Å². The van der Waals surface area contributed by atoms with Crippen LogP contribution in [0.1, 0.15) is 35.0 Å². The molecule has 5 rings (SSSR count). The van der Waals surface area contributed by atoms with Crippen LogP contribution in [-0.2, 0) is 14.3 Å². The molecule has 2 atom stereocenters. The molecule has 7 nitrogen and oxygen atoms in total. The van der Waals surface area contributed by atoms with Gasteiger partial charge in [-0.1, -0.05) is 36.4 Å². The van der Waals surface area contributed by atoms with Crippen molar-refractivity contribution in [1.82, 2.24) is 4.90 Å². The number of esters is 1. The Hall–Kier alpha value is -4.13. The van der Waals surface area contributed by atoms with Crippen molar-refractivity contribution in [2.24, 2.45) is 0 Å². The number of hydrogen-bond donors (Lipinski definition) is 1. The minimum atomic E-state index is -0.883. The molecule has 0 saturated carbocycles. The van der Waals surface area contributed by atoms with Gasteiger partial charge in [0.15, 0.2) is 0 Å². The van der Waals surface area contributed by atoms with E-state index in [-0.39, 0.29) is 18.2 Å². The number of carbonyl (C=O) groups is 3. The minimum Gasteiger partial charge on any atom is -0.457 e. The summed E-state index contributed by atoms with van der Waals surface area (Å²) < 4.78 is 11.2. The highest BCUT2D eigenvalue weighted by Crippen LogP contribution is 2.38. The molecule has 32 heavy (non-hydrogen) atoms. The zero-order chi connectivity index (χ0) is 22.1. The lowest BCUT2D eigenvalue weighted by molar-refractivity contribution is -0.144. The van der Waals surface area contributed by atoms with Gasteiger partial charge in [0, 0.05) is 17.7 Å². The van der Waals surface area contributed by atoms with E-state index in [0.29, 0.717) is 29.0 Å². The Morgan fingerprint density at radius 2 is 1.59 bits per heavy atom. The van der Waals surface area contributed by atoms with Crippen LogP contribution < -0.4 is 10.1 Å². The van der Waals surface area contributed by atoms with E-state index in [1.54, 1.807) is 48.5 Å². The Bertz CT molecular complexity index is 1180. The molecule has 0 bridgehead atoms. The molecule has 0 radical (unpaired) electrons. The lowest BCUT2D eigenvalue weighted by Crippen LogP contribution is -2.43. The smallest absolute Gasteiger partial charge is 0.340 e. The first-order valence-electron chi connectivity index (χ1n) is 10.3. The molecule has 1 N–H and O–H groups in total. The van der Waals surface area contributed by atoms with Crippen LogP contribution in [0.25, 0.3) is 0 Å². The van der Waals surface area contributed by atoms with Gasteiger partial charge in [-0.15, -0.1) is 0 Å². The number of ether oxygens (including phenoxy) is 2. The van der Waals surface area contributed by atoms with E-state index >= 15 is 0 Å². The number of rotatable bonds is 5. The van der Waals surface area contributed by atoms with Crippen LogP contribution in [0.3, 0.4) is 0 Å². The molecule has 0 aliphatic carbocycles. The maximum atomic E-state index is 13.0. The molecule has 2 aliphatic rings. The number of carbonyl (C=O) groups excluding carboxylic acids is 3. The van der Waals surface area contributed by atoms with Crippen molar-refractivity contribution in [3.05, 3.63) is 90.0 Å². The van der Waals surface area contributed by atoms with Crippen LogP contribution in [0.2, 0.25) is 0 Å². The average molecular weight is 428 g/mol. The minimum absolute atomic E-state index is 0.216. The van der Waals surface area contributed by atoms with Crippen molar-refractivity contribution < 1.29 is 23.9 Å². The number of para-hydroxylation sites is 1. The maximum absolute atomic E-state index is 13.0. The van der Waals surface area contributed by atoms with Crippen molar-refractivity contribution in [2.45, 2.75) is 25.1 Å². The first-order valence-corrected chi connectivity index (χ1v) is 10.3. The van der Waals surface area contributed by atoms with Crippen molar-refractivity contribution >= 4 is 23.5 Å². The van der Waals surface area contributed by atoms with Crippen LogP contribution >= 0.6 is 0 Å². The third-order valence-corrected chi connectivity index (χ3v) is 5.58. The zero-order valence-corrected chi connectivity index (χ0v) is 17.1. The van der Waals surface area contributed by atoms with E-state index in [2.05, 4.69) is 5.32 Å². The van der Waals surface area contributed by atoms with Crippen LogP contribution in [0, 0.1) is 0 Å². The Morgan fingerprint density at radius 3 is 2.38 bits per heavy atom. The van der Waals surface area contributed by atoms with E-state index in [1.807, 2.05) is 30.3 Å². The highest BCUT2D eigenvalue weighted by Gasteiger charge is 2.46. The monoisotopic (exact) mass is 428 g/mol. The normalized spacial score (nSPS) is 19.4. The van der Waals surface area contributed by atoms with Gasteiger partial charge in [0.05, 0.1) is 5.56 Å². The second kappa shape index (κ2) is 8.19. The predicted molar refractivity (Wildman–Crippen MR) is 116 cm³/mol. The molecule has 0 aromatic heterocycles. The van der Waals surface area contributed by atoms with E-state index in [4.69, 9.17) is 9.47 Å². The lowest BCUT2D eigenvalue weighted by Gasteiger charge is -2.29. The SMILES string of the molecule is O=C1OC(N2C(=O)CC[C@H]2C(=O)Nc2ccc(Oc3ccccc3)cc2)c2ccccc21. The first-order chi connectivity index (χ1) is 15.6. The first kappa shape index (κ1) is 19.8. The van der Waals surface area contributed by atoms with Crippen LogP contribution in [0.4, 0.5) is 5.69 Å². The van der Waals surface area contributed by atoms with Gasteiger partial charge in [-0.2, -0.15) is 0 Å². The fourth-order valence-corrected chi connectivity index (χ4v) is 4.04. The van der Waals surface area contributed by atoms with Gasteiger partial charge in [0.2, 0.25) is 18.0 Å². The molecule has 1 saturated heterocycles. The molecule has 3 aromatic rings. The number of nitrogens with zero attached hydrogens (tertiary/aromatic N) is 1. The predicted octanol–water partition coefficient (Wildman–Crippen LogP) is 4.28. The Kier molecular flexibility index (Phi) is 5.07. The van der Waals surface area contributed by atoms with Gasteiger partial charge in [-0.3, -0.25) is 14.5 Å². The molecular formula is C25H20N2O5. The van der Waals surface area contributed by atoms with E-state index in [9.17, 15) is 14.4 Å². The van der Waals surface area contributed by atoms with E-state index in [1.165, 1.54) is 4.90 Å². The van der Waals surface area contributed by atoms with Gasteiger partial charge in [0.1, 0.15) is 17.5 Å². The van der Waals surface area contributed by atoms with Crippen LogP contribution in [0.15, 0.2) is 78.9 Å². The largest absolute Gasteiger partial charge is 0.457 e. The maximum Gasteiger partial charge on any atom is 0.340 e. The van der Waals surface area contributed by atoms with Crippen molar-refractivity contribution in [3.8, 4) is 11.5 Å². The highest BCUT2D eigenvalue weighted by atomic mass is 16.6. The molecule has 7 heteroatoms. The summed E-state index contributed by atoms with van der Waals surface area (Å²) in [7, 11) is 0. The molecule has 0 spiro atoms.